The molecular formula is C18H30O2. The summed E-state index contributed by atoms with van der Waals surface area (Å²) in [5, 5.41) is 0. The summed E-state index contributed by atoms with van der Waals surface area (Å²) in [7, 11) is 0. The summed E-state index contributed by atoms with van der Waals surface area (Å²) in [5.41, 5.74) is 0. The lowest BCUT2D eigenvalue weighted by atomic mass is 10.0. The fourth-order valence-electron chi connectivity index (χ4n) is 2.36. The molecule has 0 heterocycles. The average molecular weight is 278 g/mol. The molecule has 0 aliphatic carbocycles. The zero-order valence-electron chi connectivity index (χ0n) is 12.9. The van der Waals surface area contributed by atoms with Crippen molar-refractivity contribution in [2.45, 2.75) is 89.9 Å². The Hall–Kier alpha value is -0.920. The van der Waals surface area contributed by atoms with E-state index in [0.29, 0.717) is 6.42 Å². The van der Waals surface area contributed by atoms with Gasteiger partial charge < -0.3 is 0 Å². The summed E-state index contributed by atoms with van der Waals surface area (Å²) in [4.78, 5) is 19.9. The minimum absolute atomic E-state index is 0.614. The molecule has 20 heavy (non-hydrogen) atoms. The molecule has 2 heteroatoms. The fourth-order valence-corrected chi connectivity index (χ4v) is 2.36. The van der Waals surface area contributed by atoms with Gasteiger partial charge in [-0.25, -0.2) is 0 Å². The van der Waals surface area contributed by atoms with E-state index in [1.165, 1.54) is 76.7 Å². The van der Waals surface area contributed by atoms with E-state index in [1.807, 2.05) is 12.4 Å². The van der Waals surface area contributed by atoms with Crippen molar-refractivity contribution in [1.82, 2.24) is 0 Å². The predicted octanol–water partition coefficient (Wildman–Crippen LogP) is 5.22. The lowest BCUT2D eigenvalue weighted by Gasteiger charge is -2.02. The molecule has 114 valence electrons. The molecule has 0 aromatic carbocycles. The molecule has 0 aromatic rings. The Labute approximate surface area is 125 Å². The Kier molecular flexibility index (Phi) is 17.2. The van der Waals surface area contributed by atoms with Gasteiger partial charge in [0.1, 0.15) is 0 Å². The average Bonchev–Trinajstić information content (AvgIpc) is 2.47. The predicted molar refractivity (Wildman–Crippen MR) is 85.2 cm³/mol. The van der Waals surface area contributed by atoms with Crippen LogP contribution in [0.2, 0.25) is 0 Å². The molecule has 0 unspecified atom stereocenters. The Morgan fingerprint density at radius 1 is 0.600 bits per heavy atom. The Morgan fingerprint density at radius 3 is 1.50 bits per heavy atom. The topological polar surface area (TPSA) is 34.1 Å². The van der Waals surface area contributed by atoms with Crippen LogP contribution in [-0.4, -0.2) is 12.6 Å². The Balaban J connectivity index is 2.97. The first kappa shape index (κ1) is 19.1. The number of hydrogen-bond donors (Lipinski definition) is 0. The molecule has 2 nitrogen and oxygen atoms in total. The van der Waals surface area contributed by atoms with Crippen LogP contribution < -0.4 is 0 Å². The smallest absolute Gasteiger partial charge is 0.225 e. The number of hydrogen-bond acceptors (Lipinski definition) is 2. The molecule has 0 N–H and O–H groups in total. The fraction of sp³-hybridized carbons (Fsp3) is 0.778. The van der Waals surface area contributed by atoms with E-state index in [9.17, 15) is 9.59 Å². The molecule has 0 saturated heterocycles. The highest BCUT2D eigenvalue weighted by molar-refractivity contribution is 5.65. The molecule has 0 amide bonds. The second-order valence-corrected chi connectivity index (χ2v) is 5.45. The van der Waals surface area contributed by atoms with Gasteiger partial charge in [0.2, 0.25) is 6.29 Å². The van der Waals surface area contributed by atoms with Gasteiger partial charge in [-0.2, -0.15) is 0 Å². The van der Waals surface area contributed by atoms with E-state index in [1.54, 1.807) is 6.29 Å². The zero-order chi connectivity index (χ0) is 14.7. The summed E-state index contributed by atoms with van der Waals surface area (Å²) in [6.45, 7) is 0. The van der Waals surface area contributed by atoms with Crippen molar-refractivity contribution < 1.29 is 9.59 Å². The number of rotatable bonds is 16. The van der Waals surface area contributed by atoms with E-state index in [-0.39, 0.29) is 0 Å². The molecule has 0 rings (SSSR count). The summed E-state index contributed by atoms with van der Waals surface area (Å²) in [5.74, 6) is 0. The van der Waals surface area contributed by atoms with Crippen LogP contribution in [0.15, 0.2) is 12.2 Å². The molecule has 2 radical (unpaired) electrons. The van der Waals surface area contributed by atoms with Crippen LogP contribution in [0, 0.1) is 0 Å². The summed E-state index contributed by atoms with van der Waals surface area (Å²) < 4.78 is 0. The summed E-state index contributed by atoms with van der Waals surface area (Å²) in [6.07, 6.45) is 24.1. The van der Waals surface area contributed by atoms with Crippen molar-refractivity contribution in [3.63, 3.8) is 0 Å². The van der Waals surface area contributed by atoms with Gasteiger partial charge in [0.05, 0.1) is 0 Å². The van der Waals surface area contributed by atoms with Crippen LogP contribution >= 0.6 is 0 Å². The van der Waals surface area contributed by atoms with Crippen LogP contribution in [0.3, 0.4) is 0 Å². The number of unbranched alkanes of at least 4 members (excludes halogenated alkanes) is 13. The number of carbonyl (C=O) groups excluding carboxylic acids is 2. The van der Waals surface area contributed by atoms with Crippen LogP contribution in [0.25, 0.3) is 0 Å². The van der Waals surface area contributed by atoms with Gasteiger partial charge in [-0.15, -0.1) is 0 Å². The monoisotopic (exact) mass is 278 g/mol. The van der Waals surface area contributed by atoms with Gasteiger partial charge >= 0.3 is 0 Å². The van der Waals surface area contributed by atoms with E-state index >= 15 is 0 Å². The third kappa shape index (κ3) is 17.1. The summed E-state index contributed by atoms with van der Waals surface area (Å²) in [6, 6.07) is 0. The highest BCUT2D eigenvalue weighted by atomic mass is 16.1. The third-order valence-corrected chi connectivity index (χ3v) is 3.59. The van der Waals surface area contributed by atoms with E-state index < -0.39 is 0 Å². The van der Waals surface area contributed by atoms with Gasteiger partial charge in [0, 0.05) is 6.42 Å². The Bertz CT molecular complexity index is 234. The minimum Gasteiger partial charge on any atom is -0.291 e. The standard InChI is InChI=1S/C18H30O2/c19-17-15-13-11-9-7-5-3-1-2-4-6-8-10-12-14-16-18-20/h13,15H,1-12,14,16H2/b15-13+. The SMILES string of the molecule is O=[C]/C=C/CCCCCCCCCCCCCC[C]=O. The molecule has 0 atom stereocenters. The second-order valence-electron chi connectivity index (χ2n) is 5.45. The maximum Gasteiger partial charge on any atom is 0.225 e. The first-order chi connectivity index (χ1) is 9.91. The normalized spacial score (nSPS) is 11.0. The highest BCUT2D eigenvalue weighted by Crippen LogP contribution is 2.12. The summed E-state index contributed by atoms with van der Waals surface area (Å²) >= 11 is 0. The van der Waals surface area contributed by atoms with Gasteiger partial charge in [0.15, 0.2) is 6.29 Å². The molecule has 0 bridgehead atoms. The lowest BCUT2D eigenvalue weighted by Crippen LogP contribution is -1.83. The first-order valence-corrected chi connectivity index (χ1v) is 8.29. The maximum atomic E-state index is 10.0. The minimum atomic E-state index is 0.614. The van der Waals surface area contributed by atoms with Crippen molar-refractivity contribution in [1.29, 1.82) is 0 Å². The largest absolute Gasteiger partial charge is 0.291 e. The third-order valence-electron chi connectivity index (χ3n) is 3.59. The molecule has 0 fully saturated rings. The molecule has 0 saturated carbocycles. The van der Waals surface area contributed by atoms with Gasteiger partial charge in [-0.3, -0.25) is 9.59 Å². The first-order valence-electron chi connectivity index (χ1n) is 8.29. The second kappa shape index (κ2) is 18.1. The lowest BCUT2D eigenvalue weighted by molar-refractivity contribution is 0.532. The van der Waals surface area contributed by atoms with Crippen molar-refractivity contribution >= 4 is 12.6 Å². The van der Waals surface area contributed by atoms with Crippen LogP contribution in [0.4, 0.5) is 0 Å². The quantitative estimate of drug-likeness (QED) is 0.286. The van der Waals surface area contributed by atoms with Crippen molar-refractivity contribution in [2.75, 3.05) is 0 Å². The van der Waals surface area contributed by atoms with Crippen molar-refractivity contribution in [2.24, 2.45) is 0 Å². The molecule has 0 aliphatic rings. The van der Waals surface area contributed by atoms with Crippen molar-refractivity contribution in [3.05, 3.63) is 12.2 Å². The van der Waals surface area contributed by atoms with Gasteiger partial charge in [0.25, 0.3) is 0 Å². The van der Waals surface area contributed by atoms with Crippen molar-refractivity contribution in [3.8, 4) is 0 Å². The zero-order valence-corrected chi connectivity index (χ0v) is 12.9. The van der Waals surface area contributed by atoms with E-state index in [0.717, 1.165) is 12.8 Å². The molecule has 0 aliphatic heterocycles. The van der Waals surface area contributed by atoms with Gasteiger partial charge in [-0.1, -0.05) is 70.3 Å². The van der Waals surface area contributed by atoms with Gasteiger partial charge in [-0.05, 0) is 25.3 Å². The number of allylic oxidation sites excluding steroid dienone is 2. The Morgan fingerprint density at radius 2 is 1.05 bits per heavy atom. The van der Waals surface area contributed by atoms with Crippen LogP contribution in [0.1, 0.15) is 89.9 Å². The van der Waals surface area contributed by atoms with Crippen LogP contribution in [0.5, 0.6) is 0 Å². The molecular weight excluding hydrogens is 248 g/mol. The highest BCUT2D eigenvalue weighted by Gasteiger charge is 1.93. The molecule has 0 aromatic heterocycles. The molecule has 0 spiro atoms. The van der Waals surface area contributed by atoms with E-state index in [4.69, 9.17) is 0 Å². The van der Waals surface area contributed by atoms with E-state index in [2.05, 4.69) is 0 Å². The van der Waals surface area contributed by atoms with Crippen LogP contribution in [-0.2, 0) is 9.59 Å². The maximum absolute atomic E-state index is 10.0.